The fourth-order valence-corrected chi connectivity index (χ4v) is 1.65. The summed E-state index contributed by atoms with van der Waals surface area (Å²) in [5.41, 5.74) is -0.795. The number of halogens is 5. The van der Waals surface area contributed by atoms with Crippen LogP contribution in [0.5, 0.6) is 0 Å². The van der Waals surface area contributed by atoms with Crippen LogP contribution in [0.2, 0.25) is 0 Å². The molecule has 1 aliphatic carbocycles. The minimum absolute atomic E-state index is 0.234. The molecule has 8 heteroatoms. The van der Waals surface area contributed by atoms with Crippen molar-refractivity contribution in [2.75, 3.05) is 13.2 Å². The van der Waals surface area contributed by atoms with E-state index in [0.717, 1.165) is 12.8 Å². The summed E-state index contributed by atoms with van der Waals surface area (Å²) in [4.78, 5) is 0. The van der Waals surface area contributed by atoms with E-state index >= 15 is 0 Å². The van der Waals surface area contributed by atoms with Crippen LogP contribution in [0.25, 0.3) is 0 Å². The van der Waals surface area contributed by atoms with Crippen molar-refractivity contribution in [2.45, 2.75) is 56.3 Å². The van der Waals surface area contributed by atoms with Crippen molar-refractivity contribution < 1.29 is 26.7 Å². The Bertz CT molecular complexity index is 362. The Labute approximate surface area is 114 Å². The van der Waals surface area contributed by atoms with E-state index in [0.29, 0.717) is 12.5 Å². The second-order valence-corrected chi connectivity index (χ2v) is 5.22. The molecule has 116 valence electrons. The molecule has 1 unspecified atom stereocenters. The molecule has 20 heavy (non-hydrogen) atoms. The molecular weight excluding hydrogens is 283 g/mol. The number of nitrogens with one attached hydrogen (secondary N) is 1. The lowest BCUT2D eigenvalue weighted by Gasteiger charge is -2.23. The van der Waals surface area contributed by atoms with Gasteiger partial charge in [0.25, 0.3) is 0 Å². The van der Waals surface area contributed by atoms with Gasteiger partial charge in [-0.25, -0.2) is 0 Å². The molecule has 0 aromatic heterocycles. The zero-order valence-electron chi connectivity index (χ0n) is 11.1. The summed E-state index contributed by atoms with van der Waals surface area (Å²) in [5.74, 6) is -4.84. The Morgan fingerprint density at radius 3 is 2.30 bits per heavy atom. The van der Waals surface area contributed by atoms with Crippen LogP contribution in [0, 0.1) is 11.3 Å². The molecule has 0 radical (unpaired) electrons. The van der Waals surface area contributed by atoms with Gasteiger partial charge in [-0.15, -0.1) is 0 Å². The van der Waals surface area contributed by atoms with Crippen LogP contribution in [-0.4, -0.2) is 36.9 Å². The molecule has 1 fully saturated rings. The molecule has 1 saturated carbocycles. The molecule has 0 aromatic rings. The summed E-state index contributed by atoms with van der Waals surface area (Å²) in [6.07, 6.45) is -3.05. The molecule has 0 bridgehead atoms. The van der Waals surface area contributed by atoms with Crippen LogP contribution in [0.3, 0.4) is 0 Å². The first kappa shape index (κ1) is 17.1. The fraction of sp³-hybridized carbons (Fsp3) is 0.917. The van der Waals surface area contributed by atoms with Crippen molar-refractivity contribution in [3.8, 4) is 6.07 Å². The van der Waals surface area contributed by atoms with Crippen LogP contribution in [0.4, 0.5) is 22.0 Å². The van der Waals surface area contributed by atoms with Crippen molar-refractivity contribution in [3.05, 3.63) is 0 Å². The van der Waals surface area contributed by atoms with Gasteiger partial charge in [-0.1, -0.05) is 0 Å². The minimum Gasteiger partial charge on any atom is -0.375 e. The Balaban J connectivity index is 2.22. The predicted octanol–water partition coefficient (Wildman–Crippen LogP) is 3.02. The van der Waals surface area contributed by atoms with Gasteiger partial charge < -0.3 is 4.74 Å². The summed E-state index contributed by atoms with van der Waals surface area (Å²) in [7, 11) is 0. The molecule has 0 aliphatic heterocycles. The first-order chi connectivity index (χ1) is 9.10. The van der Waals surface area contributed by atoms with Gasteiger partial charge in [-0.05, 0) is 32.6 Å². The first-order valence-electron chi connectivity index (χ1n) is 6.31. The predicted molar refractivity (Wildman–Crippen MR) is 61.2 cm³/mol. The number of alkyl halides is 5. The number of ether oxygens (including phenoxy) is 1. The number of hydrogen-bond acceptors (Lipinski definition) is 3. The number of rotatable bonds is 8. The Kier molecular flexibility index (Phi) is 5.33. The maximum Gasteiger partial charge on any atom is 0.455 e. The van der Waals surface area contributed by atoms with E-state index in [2.05, 4.69) is 16.1 Å². The third-order valence-electron chi connectivity index (χ3n) is 3.01. The van der Waals surface area contributed by atoms with Gasteiger partial charge in [0.05, 0.1) is 6.07 Å². The van der Waals surface area contributed by atoms with Crippen molar-refractivity contribution in [3.63, 3.8) is 0 Å². The Morgan fingerprint density at radius 1 is 1.25 bits per heavy atom. The average Bonchev–Trinajstić information content (AvgIpc) is 3.10. The van der Waals surface area contributed by atoms with E-state index < -0.39 is 24.2 Å². The average molecular weight is 300 g/mol. The Morgan fingerprint density at radius 2 is 1.85 bits per heavy atom. The summed E-state index contributed by atoms with van der Waals surface area (Å²) in [5, 5.41) is 12.1. The first-order valence-corrected chi connectivity index (χ1v) is 6.31. The van der Waals surface area contributed by atoms with Crippen LogP contribution in [0.15, 0.2) is 0 Å². The lowest BCUT2D eigenvalue weighted by molar-refractivity contribution is -0.296. The highest BCUT2D eigenvalue weighted by atomic mass is 19.4. The topological polar surface area (TPSA) is 45.0 Å². The van der Waals surface area contributed by atoms with E-state index in [1.165, 1.54) is 0 Å². The largest absolute Gasteiger partial charge is 0.455 e. The lowest BCUT2D eigenvalue weighted by atomic mass is 9.98. The number of hydrogen-bond donors (Lipinski definition) is 1. The molecule has 0 amide bonds. The fourth-order valence-electron chi connectivity index (χ4n) is 1.65. The quantitative estimate of drug-likeness (QED) is 0.553. The van der Waals surface area contributed by atoms with E-state index in [4.69, 9.17) is 5.26 Å². The zero-order valence-corrected chi connectivity index (χ0v) is 11.1. The van der Waals surface area contributed by atoms with Gasteiger partial charge in [0.1, 0.15) is 12.1 Å². The molecule has 0 spiro atoms. The molecule has 1 atom stereocenters. The molecule has 0 saturated heterocycles. The van der Waals surface area contributed by atoms with Crippen molar-refractivity contribution in [1.82, 2.24) is 5.32 Å². The van der Waals surface area contributed by atoms with Gasteiger partial charge in [0, 0.05) is 12.6 Å². The number of nitrogens with zero attached hydrogens (tertiary/aromatic N) is 1. The molecule has 1 rings (SSSR count). The summed E-state index contributed by atoms with van der Waals surface area (Å²) in [6, 6.07) is 2.39. The van der Waals surface area contributed by atoms with Crippen LogP contribution in [-0.2, 0) is 4.74 Å². The highest BCUT2D eigenvalue weighted by molar-refractivity contribution is 5.06. The molecular formula is C12H17F5N2O. The molecule has 3 nitrogen and oxygen atoms in total. The van der Waals surface area contributed by atoms with Gasteiger partial charge in [0.2, 0.25) is 0 Å². The molecule has 0 heterocycles. The third-order valence-corrected chi connectivity index (χ3v) is 3.01. The molecule has 1 N–H and O–H groups in total. The molecule has 0 aromatic carbocycles. The number of nitriles is 1. The highest BCUT2D eigenvalue weighted by Crippen LogP contribution is 2.35. The van der Waals surface area contributed by atoms with Gasteiger partial charge in [-0.2, -0.15) is 27.2 Å². The van der Waals surface area contributed by atoms with Crippen molar-refractivity contribution in [2.24, 2.45) is 0 Å². The summed E-state index contributed by atoms with van der Waals surface area (Å²) in [6.45, 7) is -0.249. The van der Waals surface area contributed by atoms with E-state index in [1.807, 2.05) is 0 Å². The van der Waals surface area contributed by atoms with Crippen molar-refractivity contribution in [1.29, 1.82) is 5.26 Å². The van der Waals surface area contributed by atoms with Gasteiger partial charge in [0.15, 0.2) is 0 Å². The second-order valence-electron chi connectivity index (χ2n) is 5.22. The minimum atomic E-state index is -5.60. The van der Waals surface area contributed by atoms with E-state index in [1.54, 1.807) is 6.92 Å². The SMILES string of the molecule is CC(C#N)(CCCOCC(F)(F)C(F)(F)F)NC1CC1. The lowest BCUT2D eigenvalue weighted by Crippen LogP contribution is -2.43. The maximum atomic E-state index is 12.5. The van der Waals surface area contributed by atoms with Crippen LogP contribution >= 0.6 is 0 Å². The third kappa shape index (κ3) is 5.21. The zero-order chi connectivity index (χ0) is 15.4. The second kappa shape index (κ2) is 6.22. The van der Waals surface area contributed by atoms with E-state index in [-0.39, 0.29) is 13.0 Å². The smallest absolute Gasteiger partial charge is 0.375 e. The van der Waals surface area contributed by atoms with Crippen LogP contribution in [0.1, 0.15) is 32.6 Å². The Hall–Kier alpha value is -0.940. The van der Waals surface area contributed by atoms with Crippen LogP contribution < -0.4 is 5.32 Å². The normalized spacial score (nSPS) is 19.4. The maximum absolute atomic E-state index is 12.5. The van der Waals surface area contributed by atoms with Crippen molar-refractivity contribution >= 4 is 0 Å². The standard InChI is InChI=1S/C12H17F5N2O/c1-10(7-18,19-9-3-4-9)5-2-6-20-8-11(13,14)12(15,16)17/h9,19H,2-6,8H2,1H3. The monoisotopic (exact) mass is 300 g/mol. The molecule has 1 aliphatic rings. The van der Waals surface area contributed by atoms with Gasteiger partial charge >= 0.3 is 12.1 Å². The highest BCUT2D eigenvalue weighted by Gasteiger charge is 2.57. The van der Waals surface area contributed by atoms with Gasteiger partial charge in [-0.3, -0.25) is 5.32 Å². The summed E-state index contributed by atoms with van der Waals surface area (Å²) < 4.78 is 65.0. The summed E-state index contributed by atoms with van der Waals surface area (Å²) >= 11 is 0. The van der Waals surface area contributed by atoms with E-state index in [9.17, 15) is 22.0 Å².